The van der Waals surface area contributed by atoms with Crippen LogP contribution in [0.25, 0.3) is 0 Å². The third-order valence-electron chi connectivity index (χ3n) is 1.66. The second kappa shape index (κ2) is 5.06. The van der Waals surface area contributed by atoms with Gasteiger partial charge < -0.3 is 10.4 Å². The molecule has 2 N–H and O–H groups in total. The molecule has 0 aliphatic rings. The average molecular weight is 280 g/mol. The first-order valence-electron chi connectivity index (χ1n) is 4.05. The molecule has 0 heterocycles. The molecular formula is C9H8BrF2NO2. The summed E-state index contributed by atoms with van der Waals surface area (Å²) in [6.45, 7) is -0.467. The number of nitrogens with one attached hydrogen (secondary N) is 1. The van der Waals surface area contributed by atoms with Gasteiger partial charge in [-0.05, 0) is 34.1 Å². The smallest absolute Gasteiger partial charge is 0.335 e. The predicted molar refractivity (Wildman–Crippen MR) is 55.6 cm³/mol. The number of hydrogen-bond acceptors (Lipinski definition) is 2. The molecule has 0 fully saturated rings. The molecule has 0 radical (unpaired) electrons. The molecule has 0 bridgehead atoms. The maximum Gasteiger partial charge on any atom is 0.335 e. The number of anilines is 1. The van der Waals surface area contributed by atoms with Crippen molar-refractivity contribution in [2.24, 2.45) is 0 Å². The van der Waals surface area contributed by atoms with E-state index in [0.29, 0.717) is 10.2 Å². The van der Waals surface area contributed by atoms with Gasteiger partial charge in [0.2, 0.25) is 0 Å². The fraction of sp³-hybridized carbons (Fsp3) is 0.222. The van der Waals surface area contributed by atoms with Crippen LogP contribution in [0.3, 0.4) is 0 Å². The van der Waals surface area contributed by atoms with Crippen LogP contribution >= 0.6 is 15.9 Å². The molecule has 0 aromatic heterocycles. The third-order valence-corrected chi connectivity index (χ3v) is 2.32. The molecule has 1 rings (SSSR count). The number of carboxylic acid groups (broad SMARTS) is 1. The highest BCUT2D eigenvalue weighted by Gasteiger charge is 2.08. The van der Waals surface area contributed by atoms with E-state index in [1.165, 1.54) is 18.2 Å². The van der Waals surface area contributed by atoms with Crippen molar-refractivity contribution in [2.75, 3.05) is 11.9 Å². The van der Waals surface area contributed by atoms with E-state index in [1.807, 2.05) is 0 Å². The van der Waals surface area contributed by atoms with Crippen LogP contribution in [-0.2, 0) is 0 Å². The van der Waals surface area contributed by atoms with Crippen molar-refractivity contribution in [1.29, 1.82) is 0 Å². The van der Waals surface area contributed by atoms with Crippen molar-refractivity contribution in [1.82, 2.24) is 0 Å². The maximum absolute atomic E-state index is 11.9. The van der Waals surface area contributed by atoms with Crippen LogP contribution in [0, 0.1) is 0 Å². The Morgan fingerprint density at radius 3 is 2.67 bits per heavy atom. The quantitative estimate of drug-likeness (QED) is 0.891. The minimum absolute atomic E-state index is 0.101. The minimum atomic E-state index is -2.45. The Bertz CT molecular complexity index is 371. The molecule has 3 nitrogen and oxygen atoms in total. The normalized spacial score (nSPS) is 10.4. The highest BCUT2D eigenvalue weighted by Crippen LogP contribution is 2.23. The molecule has 1 aromatic rings. The van der Waals surface area contributed by atoms with E-state index in [4.69, 9.17) is 5.11 Å². The number of aromatic carboxylic acids is 1. The van der Waals surface area contributed by atoms with E-state index >= 15 is 0 Å². The van der Waals surface area contributed by atoms with Gasteiger partial charge in [0.25, 0.3) is 6.43 Å². The van der Waals surface area contributed by atoms with Crippen molar-refractivity contribution in [3.05, 3.63) is 28.2 Å². The minimum Gasteiger partial charge on any atom is -0.478 e. The van der Waals surface area contributed by atoms with Crippen molar-refractivity contribution in [3.8, 4) is 0 Å². The van der Waals surface area contributed by atoms with E-state index in [-0.39, 0.29) is 5.56 Å². The van der Waals surface area contributed by atoms with Gasteiger partial charge in [-0.25, -0.2) is 13.6 Å². The summed E-state index contributed by atoms with van der Waals surface area (Å²) in [4.78, 5) is 10.6. The van der Waals surface area contributed by atoms with Gasteiger partial charge in [-0.1, -0.05) is 0 Å². The summed E-state index contributed by atoms with van der Waals surface area (Å²) in [5, 5.41) is 11.1. The lowest BCUT2D eigenvalue weighted by Crippen LogP contribution is -2.10. The Morgan fingerprint density at radius 2 is 2.20 bits per heavy atom. The van der Waals surface area contributed by atoms with Gasteiger partial charge >= 0.3 is 5.97 Å². The number of alkyl halides is 2. The molecule has 0 aliphatic carbocycles. The van der Waals surface area contributed by atoms with Crippen LogP contribution in [0.5, 0.6) is 0 Å². The van der Waals surface area contributed by atoms with E-state index in [2.05, 4.69) is 21.2 Å². The second-order valence-electron chi connectivity index (χ2n) is 2.77. The first-order chi connectivity index (χ1) is 7.00. The Labute approximate surface area is 93.2 Å². The topological polar surface area (TPSA) is 49.3 Å². The highest BCUT2D eigenvalue weighted by molar-refractivity contribution is 9.10. The third kappa shape index (κ3) is 3.47. The van der Waals surface area contributed by atoms with Crippen LogP contribution < -0.4 is 5.32 Å². The van der Waals surface area contributed by atoms with Gasteiger partial charge in [-0.2, -0.15) is 0 Å². The van der Waals surface area contributed by atoms with Gasteiger partial charge in [0, 0.05) is 10.2 Å². The monoisotopic (exact) mass is 279 g/mol. The molecule has 82 valence electrons. The SMILES string of the molecule is O=C(O)c1ccc(NCC(F)F)c(Br)c1. The number of carbonyl (C=O) groups is 1. The maximum atomic E-state index is 11.9. The molecule has 0 unspecified atom stereocenters. The summed E-state index contributed by atoms with van der Waals surface area (Å²) in [6.07, 6.45) is -2.45. The second-order valence-corrected chi connectivity index (χ2v) is 3.63. The van der Waals surface area contributed by atoms with Gasteiger partial charge in [0.1, 0.15) is 0 Å². The lowest BCUT2D eigenvalue weighted by Gasteiger charge is -2.08. The average Bonchev–Trinajstić information content (AvgIpc) is 2.15. The lowest BCUT2D eigenvalue weighted by molar-refractivity contribution is 0.0697. The highest BCUT2D eigenvalue weighted by atomic mass is 79.9. The molecule has 0 aliphatic heterocycles. The van der Waals surface area contributed by atoms with Crippen LogP contribution in [0.4, 0.5) is 14.5 Å². The van der Waals surface area contributed by atoms with Gasteiger partial charge in [0.05, 0.1) is 12.1 Å². The van der Waals surface area contributed by atoms with Crippen molar-refractivity contribution < 1.29 is 18.7 Å². The van der Waals surface area contributed by atoms with Gasteiger partial charge in [-0.3, -0.25) is 0 Å². The Morgan fingerprint density at radius 1 is 1.53 bits per heavy atom. The van der Waals surface area contributed by atoms with E-state index in [1.54, 1.807) is 0 Å². The molecule has 0 saturated carbocycles. The van der Waals surface area contributed by atoms with Crippen LogP contribution in [0.1, 0.15) is 10.4 Å². The van der Waals surface area contributed by atoms with Crippen LogP contribution in [-0.4, -0.2) is 24.0 Å². The van der Waals surface area contributed by atoms with Crippen LogP contribution in [0.2, 0.25) is 0 Å². The zero-order valence-electron chi connectivity index (χ0n) is 7.51. The Balaban J connectivity index is 2.79. The summed E-state index contributed by atoms with van der Waals surface area (Å²) in [5.41, 5.74) is 0.546. The first-order valence-corrected chi connectivity index (χ1v) is 4.85. The van der Waals surface area contributed by atoms with Crippen molar-refractivity contribution in [2.45, 2.75) is 6.43 Å². The fourth-order valence-corrected chi connectivity index (χ4v) is 1.50. The standard InChI is InChI=1S/C9H8BrF2NO2/c10-6-3-5(9(14)15)1-2-7(6)13-4-8(11)12/h1-3,8,13H,4H2,(H,14,15). The number of hydrogen-bond donors (Lipinski definition) is 2. The zero-order valence-corrected chi connectivity index (χ0v) is 9.09. The summed E-state index contributed by atoms with van der Waals surface area (Å²) in [5.74, 6) is -1.06. The number of halogens is 3. The van der Waals surface area contributed by atoms with Gasteiger partial charge in [0.15, 0.2) is 0 Å². The van der Waals surface area contributed by atoms with E-state index < -0.39 is 18.9 Å². The summed E-state index contributed by atoms with van der Waals surface area (Å²) < 4.78 is 24.2. The summed E-state index contributed by atoms with van der Waals surface area (Å²) in [6, 6.07) is 4.15. The molecule has 0 amide bonds. The van der Waals surface area contributed by atoms with Crippen molar-refractivity contribution >= 4 is 27.6 Å². The Hall–Kier alpha value is -1.17. The van der Waals surface area contributed by atoms with E-state index in [9.17, 15) is 13.6 Å². The van der Waals surface area contributed by atoms with E-state index in [0.717, 1.165) is 0 Å². The number of carboxylic acids is 1. The lowest BCUT2D eigenvalue weighted by atomic mass is 10.2. The predicted octanol–water partition coefficient (Wildman–Crippen LogP) is 2.82. The first kappa shape index (κ1) is 11.9. The molecule has 0 saturated heterocycles. The summed E-state index contributed by atoms with van der Waals surface area (Å²) >= 11 is 3.09. The molecule has 1 aromatic carbocycles. The van der Waals surface area contributed by atoms with Crippen molar-refractivity contribution in [3.63, 3.8) is 0 Å². The molecule has 15 heavy (non-hydrogen) atoms. The fourth-order valence-electron chi connectivity index (χ4n) is 0.979. The Kier molecular flexibility index (Phi) is 4.02. The molecular weight excluding hydrogens is 272 g/mol. The summed E-state index contributed by atoms with van der Waals surface area (Å²) in [7, 11) is 0. The zero-order chi connectivity index (χ0) is 11.4. The number of rotatable bonds is 4. The van der Waals surface area contributed by atoms with Gasteiger partial charge in [-0.15, -0.1) is 0 Å². The largest absolute Gasteiger partial charge is 0.478 e. The molecule has 6 heteroatoms. The molecule has 0 atom stereocenters. The molecule has 0 spiro atoms. The number of benzene rings is 1. The van der Waals surface area contributed by atoms with Crippen LogP contribution in [0.15, 0.2) is 22.7 Å².